The van der Waals surface area contributed by atoms with Crippen LogP contribution < -0.4 is 5.32 Å². The standard InChI is InChI=1S/C17H31N3O3/c1-2-18-16(19-13-17(21)7-3-4-8-17)20-9-11-23-15(12-20)14-6-5-10-22-14/h14-15,21H,2-13H2,1H3,(H,18,19). The number of guanidine groups is 1. The van der Waals surface area contributed by atoms with E-state index in [1.807, 2.05) is 0 Å². The smallest absolute Gasteiger partial charge is 0.194 e. The number of nitrogens with zero attached hydrogens (tertiary/aromatic N) is 2. The number of ether oxygens (including phenoxy) is 2. The number of rotatable bonds is 4. The average molecular weight is 325 g/mol. The Bertz CT molecular complexity index is 404. The zero-order valence-electron chi connectivity index (χ0n) is 14.3. The molecule has 0 aromatic carbocycles. The SMILES string of the molecule is CCNC(=NCC1(O)CCCC1)N1CCOC(C2CCCO2)C1. The Hall–Kier alpha value is -0.850. The van der Waals surface area contributed by atoms with Crippen LogP contribution in [0.25, 0.3) is 0 Å². The second-order valence-electron chi connectivity index (χ2n) is 7.01. The lowest BCUT2D eigenvalue weighted by atomic mass is 10.0. The van der Waals surface area contributed by atoms with Crippen molar-refractivity contribution >= 4 is 5.96 Å². The molecular weight excluding hydrogens is 294 g/mol. The predicted molar refractivity (Wildman–Crippen MR) is 89.7 cm³/mol. The first kappa shape index (κ1) is 17.0. The van der Waals surface area contributed by atoms with Crippen molar-refractivity contribution in [3.8, 4) is 0 Å². The molecule has 2 heterocycles. The summed E-state index contributed by atoms with van der Waals surface area (Å²) in [5, 5.41) is 13.9. The molecular formula is C17H31N3O3. The summed E-state index contributed by atoms with van der Waals surface area (Å²) < 4.78 is 11.7. The first-order valence-corrected chi connectivity index (χ1v) is 9.19. The Balaban J connectivity index is 1.62. The topological polar surface area (TPSA) is 66.3 Å². The van der Waals surface area contributed by atoms with Gasteiger partial charge in [-0.25, -0.2) is 0 Å². The van der Waals surface area contributed by atoms with E-state index in [-0.39, 0.29) is 12.2 Å². The van der Waals surface area contributed by atoms with E-state index < -0.39 is 5.60 Å². The number of aliphatic imine (C=N–C) groups is 1. The maximum Gasteiger partial charge on any atom is 0.194 e. The van der Waals surface area contributed by atoms with Gasteiger partial charge in [0.05, 0.1) is 24.9 Å². The van der Waals surface area contributed by atoms with E-state index in [4.69, 9.17) is 14.5 Å². The molecule has 23 heavy (non-hydrogen) atoms. The molecule has 6 nitrogen and oxygen atoms in total. The van der Waals surface area contributed by atoms with E-state index in [1.165, 1.54) is 0 Å². The van der Waals surface area contributed by atoms with Crippen molar-refractivity contribution < 1.29 is 14.6 Å². The molecule has 3 fully saturated rings. The zero-order valence-corrected chi connectivity index (χ0v) is 14.3. The van der Waals surface area contributed by atoms with Crippen LogP contribution in [0.15, 0.2) is 4.99 Å². The minimum Gasteiger partial charge on any atom is -0.388 e. The fraction of sp³-hybridized carbons (Fsp3) is 0.941. The summed E-state index contributed by atoms with van der Waals surface area (Å²) in [4.78, 5) is 7.00. The molecule has 132 valence electrons. The Morgan fingerprint density at radius 1 is 1.22 bits per heavy atom. The molecule has 0 spiro atoms. The number of aliphatic hydroxyl groups is 1. The van der Waals surface area contributed by atoms with Gasteiger partial charge in [-0.2, -0.15) is 0 Å². The molecule has 3 rings (SSSR count). The van der Waals surface area contributed by atoms with Crippen molar-refractivity contribution in [2.75, 3.05) is 39.4 Å². The normalized spacial score (nSPS) is 31.6. The minimum atomic E-state index is -0.596. The highest BCUT2D eigenvalue weighted by atomic mass is 16.5. The lowest BCUT2D eigenvalue weighted by Crippen LogP contribution is -2.53. The summed E-state index contributed by atoms with van der Waals surface area (Å²) in [6.45, 7) is 6.63. The van der Waals surface area contributed by atoms with Crippen molar-refractivity contribution in [3.05, 3.63) is 0 Å². The number of morpholine rings is 1. The largest absolute Gasteiger partial charge is 0.388 e. The van der Waals surface area contributed by atoms with Crippen molar-refractivity contribution in [3.63, 3.8) is 0 Å². The highest BCUT2D eigenvalue weighted by Gasteiger charge is 2.34. The second kappa shape index (κ2) is 7.81. The van der Waals surface area contributed by atoms with Crippen LogP contribution in [0.1, 0.15) is 45.4 Å². The van der Waals surface area contributed by atoms with Crippen LogP contribution in [0.2, 0.25) is 0 Å². The molecule has 2 atom stereocenters. The predicted octanol–water partition coefficient (Wildman–Crippen LogP) is 1.14. The van der Waals surface area contributed by atoms with Crippen LogP contribution in [0.5, 0.6) is 0 Å². The van der Waals surface area contributed by atoms with Gasteiger partial charge in [-0.05, 0) is 32.6 Å². The highest BCUT2D eigenvalue weighted by Crippen LogP contribution is 2.29. The third-order valence-corrected chi connectivity index (χ3v) is 5.16. The van der Waals surface area contributed by atoms with Gasteiger partial charge in [-0.1, -0.05) is 12.8 Å². The van der Waals surface area contributed by atoms with E-state index in [1.54, 1.807) is 0 Å². The van der Waals surface area contributed by atoms with E-state index in [9.17, 15) is 5.11 Å². The molecule has 1 saturated carbocycles. The van der Waals surface area contributed by atoms with Crippen LogP contribution in [-0.4, -0.2) is 73.2 Å². The third-order valence-electron chi connectivity index (χ3n) is 5.16. The Kier molecular flexibility index (Phi) is 5.77. The van der Waals surface area contributed by atoms with Gasteiger partial charge in [-0.3, -0.25) is 4.99 Å². The highest BCUT2D eigenvalue weighted by molar-refractivity contribution is 5.80. The molecule has 2 saturated heterocycles. The van der Waals surface area contributed by atoms with Crippen LogP contribution in [-0.2, 0) is 9.47 Å². The lowest BCUT2D eigenvalue weighted by Gasteiger charge is -2.37. The van der Waals surface area contributed by atoms with Gasteiger partial charge in [0, 0.05) is 26.2 Å². The van der Waals surface area contributed by atoms with Gasteiger partial charge in [0.2, 0.25) is 0 Å². The van der Waals surface area contributed by atoms with Crippen molar-refractivity contribution in [1.82, 2.24) is 10.2 Å². The van der Waals surface area contributed by atoms with Crippen LogP contribution in [0.3, 0.4) is 0 Å². The van der Waals surface area contributed by atoms with E-state index >= 15 is 0 Å². The summed E-state index contributed by atoms with van der Waals surface area (Å²) in [7, 11) is 0. The number of hydrogen-bond donors (Lipinski definition) is 2. The Morgan fingerprint density at radius 3 is 2.70 bits per heavy atom. The second-order valence-corrected chi connectivity index (χ2v) is 7.01. The minimum absolute atomic E-state index is 0.129. The van der Waals surface area contributed by atoms with E-state index in [2.05, 4.69) is 17.1 Å². The summed E-state index contributed by atoms with van der Waals surface area (Å²) in [6, 6.07) is 0. The van der Waals surface area contributed by atoms with Crippen molar-refractivity contribution in [1.29, 1.82) is 0 Å². The molecule has 6 heteroatoms. The fourth-order valence-corrected chi connectivity index (χ4v) is 3.83. The van der Waals surface area contributed by atoms with Gasteiger partial charge in [-0.15, -0.1) is 0 Å². The summed E-state index contributed by atoms with van der Waals surface area (Å²) in [6.07, 6.45) is 6.54. The molecule has 2 N–H and O–H groups in total. The van der Waals surface area contributed by atoms with Crippen LogP contribution >= 0.6 is 0 Å². The Morgan fingerprint density at radius 2 is 2.00 bits per heavy atom. The van der Waals surface area contributed by atoms with Crippen LogP contribution in [0, 0.1) is 0 Å². The van der Waals surface area contributed by atoms with Gasteiger partial charge in [0.1, 0.15) is 6.10 Å². The molecule has 3 aliphatic rings. The number of nitrogens with one attached hydrogen (secondary N) is 1. The quantitative estimate of drug-likeness (QED) is 0.599. The molecule has 1 aliphatic carbocycles. The summed E-state index contributed by atoms with van der Waals surface area (Å²) >= 11 is 0. The summed E-state index contributed by atoms with van der Waals surface area (Å²) in [5.74, 6) is 0.902. The summed E-state index contributed by atoms with van der Waals surface area (Å²) in [5.41, 5.74) is -0.596. The molecule has 0 radical (unpaired) electrons. The monoisotopic (exact) mass is 325 g/mol. The fourth-order valence-electron chi connectivity index (χ4n) is 3.83. The molecule has 0 amide bonds. The maximum absolute atomic E-state index is 10.5. The van der Waals surface area contributed by atoms with E-state index in [0.717, 1.165) is 70.7 Å². The maximum atomic E-state index is 10.5. The van der Waals surface area contributed by atoms with Gasteiger partial charge in [0.15, 0.2) is 5.96 Å². The first-order chi connectivity index (χ1) is 11.2. The third kappa shape index (κ3) is 4.37. The van der Waals surface area contributed by atoms with Gasteiger partial charge < -0.3 is 24.8 Å². The van der Waals surface area contributed by atoms with Crippen molar-refractivity contribution in [2.24, 2.45) is 4.99 Å². The first-order valence-electron chi connectivity index (χ1n) is 9.19. The molecule has 0 aromatic rings. The van der Waals surface area contributed by atoms with E-state index in [0.29, 0.717) is 13.2 Å². The molecule has 0 aromatic heterocycles. The molecule has 2 aliphatic heterocycles. The zero-order chi connectivity index (χ0) is 16.1. The number of hydrogen-bond acceptors (Lipinski definition) is 4. The van der Waals surface area contributed by atoms with Gasteiger partial charge in [0.25, 0.3) is 0 Å². The average Bonchev–Trinajstić information content (AvgIpc) is 3.24. The van der Waals surface area contributed by atoms with Crippen LogP contribution in [0.4, 0.5) is 0 Å². The Labute approximate surface area is 139 Å². The molecule has 0 bridgehead atoms. The van der Waals surface area contributed by atoms with Gasteiger partial charge >= 0.3 is 0 Å². The van der Waals surface area contributed by atoms with Crippen molar-refractivity contribution in [2.45, 2.75) is 63.3 Å². The molecule has 2 unspecified atom stereocenters. The lowest BCUT2D eigenvalue weighted by molar-refractivity contribution is -0.0817.